The number of carbonyl (C=O) groups excluding carboxylic acids is 1. The van der Waals surface area contributed by atoms with E-state index in [-0.39, 0.29) is 23.3 Å². The molecule has 1 aromatic rings. The van der Waals surface area contributed by atoms with Crippen molar-refractivity contribution in [2.24, 2.45) is 5.92 Å². The molecule has 21 heavy (non-hydrogen) atoms. The van der Waals surface area contributed by atoms with E-state index in [4.69, 9.17) is 0 Å². The molecule has 6 heteroatoms. The van der Waals surface area contributed by atoms with Crippen LogP contribution in [0.25, 0.3) is 0 Å². The highest BCUT2D eigenvalue weighted by molar-refractivity contribution is 7.89. The first-order chi connectivity index (χ1) is 10.0. The summed E-state index contributed by atoms with van der Waals surface area (Å²) in [5.74, 6) is 0.107. The van der Waals surface area contributed by atoms with Gasteiger partial charge in [0.25, 0.3) is 0 Å². The van der Waals surface area contributed by atoms with E-state index in [1.54, 1.807) is 12.1 Å². The summed E-state index contributed by atoms with van der Waals surface area (Å²) in [6.07, 6.45) is 5.55. The molecule has 0 atom stereocenters. The Hall–Kier alpha value is -1.66. The lowest BCUT2D eigenvalue weighted by Gasteiger charge is -2.11. The fourth-order valence-corrected chi connectivity index (χ4v) is 3.40. The number of nitrogens with one attached hydrogen (secondary N) is 2. The molecule has 1 aliphatic carbocycles. The fraction of sp³-hybridized carbons (Fsp3) is 0.400. The lowest BCUT2D eigenvalue weighted by Crippen LogP contribution is -2.23. The van der Waals surface area contributed by atoms with Gasteiger partial charge in [0.1, 0.15) is 0 Å². The van der Waals surface area contributed by atoms with Crippen molar-refractivity contribution in [1.82, 2.24) is 4.72 Å². The Labute approximate surface area is 125 Å². The summed E-state index contributed by atoms with van der Waals surface area (Å²) in [6.45, 7) is 3.65. The van der Waals surface area contributed by atoms with Gasteiger partial charge in [0.2, 0.25) is 15.9 Å². The molecular formula is C15H20N2O3S. The van der Waals surface area contributed by atoms with Crippen molar-refractivity contribution in [2.45, 2.75) is 30.6 Å². The Morgan fingerprint density at radius 2 is 1.86 bits per heavy atom. The molecule has 1 fully saturated rings. The number of hydrogen-bond donors (Lipinski definition) is 2. The van der Waals surface area contributed by atoms with Crippen molar-refractivity contribution in [3.8, 4) is 0 Å². The highest BCUT2D eigenvalue weighted by atomic mass is 32.2. The first kappa shape index (κ1) is 15.7. The summed E-state index contributed by atoms with van der Waals surface area (Å²) in [4.78, 5) is 12.2. The smallest absolute Gasteiger partial charge is 0.240 e. The van der Waals surface area contributed by atoms with E-state index >= 15 is 0 Å². The number of benzene rings is 1. The number of amides is 1. The Morgan fingerprint density at radius 3 is 2.43 bits per heavy atom. The van der Waals surface area contributed by atoms with E-state index in [0.717, 1.165) is 25.7 Å². The molecule has 1 saturated carbocycles. The van der Waals surface area contributed by atoms with Crippen LogP contribution in [0.1, 0.15) is 25.7 Å². The maximum atomic E-state index is 12.0. The molecule has 5 nitrogen and oxygen atoms in total. The molecule has 0 aliphatic heterocycles. The van der Waals surface area contributed by atoms with Gasteiger partial charge in [0.15, 0.2) is 0 Å². The summed E-state index contributed by atoms with van der Waals surface area (Å²) in [5.41, 5.74) is 0.620. The summed E-state index contributed by atoms with van der Waals surface area (Å²) in [6, 6.07) is 6.18. The van der Waals surface area contributed by atoms with Crippen LogP contribution in [0, 0.1) is 5.92 Å². The summed E-state index contributed by atoms with van der Waals surface area (Å²) in [5, 5.41) is 2.84. The van der Waals surface area contributed by atoms with Crippen LogP contribution in [0.4, 0.5) is 5.69 Å². The van der Waals surface area contributed by atoms with Crippen LogP contribution in [-0.2, 0) is 14.8 Å². The van der Waals surface area contributed by atoms with Crippen LogP contribution in [0.5, 0.6) is 0 Å². The molecule has 0 heterocycles. The first-order valence-electron chi connectivity index (χ1n) is 7.04. The molecule has 0 unspecified atom stereocenters. The normalized spacial score (nSPS) is 15.8. The lowest BCUT2D eigenvalue weighted by molar-refractivity contribution is -0.119. The number of anilines is 1. The molecule has 0 radical (unpaired) electrons. The molecule has 1 aliphatic rings. The van der Waals surface area contributed by atoms with Crippen molar-refractivity contribution >= 4 is 21.6 Å². The van der Waals surface area contributed by atoms with Gasteiger partial charge in [0, 0.05) is 18.2 Å². The summed E-state index contributed by atoms with van der Waals surface area (Å²) in [7, 11) is -3.52. The Bertz CT molecular complexity index is 602. The van der Waals surface area contributed by atoms with Crippen LogP contribution in [0.15, 0.2) is 41.8 Å². The van der Waals surface area contributed by atoms with E-state index in [9.17, 15) is 13.2 Å². The van der Waals surface area contributed by atoms with Gasteiger partial charge in [-0.1, -0.05) is 18.9 Å². The Balaban J connectivity index is 2.01. The highest BCUT2D eigenvalue weighted by Crippen LogP contribution is 2.26. The first-order valence-corrected chi connectivity index (χ1v) is 8.53. The molecule has 0 spiro atoms. The monoisotopic (exact) mass is 308 g/mol. The molecule has 0 saturated heterocycles. The second kappa shape index (κ2) is 6.87. The highest BCUT2D eigenvalue weighted by Gasteiger charge is 2.22. The third kappa shape index (κ3) is 4.15. The van der Waals surface area contributed by atoms with Crippen LogP contribution in [-0.4, -0.2) is 20.9 Å². The van der Waals surface area contributed by atoms with Crippen molar-refractivity contribution < 1.29 is 13.2 Å². The zero-order valence-corrected chi connectivity index (χ0v) is 12.7. The summed E-state index contributed by atoms with van der Waals surface area (Å²) >= 11 is 0. The molecule has 114 valence electrons. The van der Waals surface area contributed by atoms with E-state index in [1.807, 2.05) is 0 Å². The molecule has 2 N–H and O–H groups in total. The quantitative estimate of drug-likeness (QED) is 0.792. The zero-order chi connectivity index (χ0) is 15.3. The van der Waals surface area contributed by atoms with Crippen molar-refractivity contribution in [1.29, 1.82) is 0 Å². The molecule has 1 amide bonds. The van der Waals surface area contributed by atoms with Gasteiger partial charge in [-0.2, -0.15) is 0 Å². The van der Waals surface area contributed by atoms with Crippen molar-refractivity contribution in [2.75, 3.05) is 11.9 Å². The average molecular weight is 308 g/mol. The van der Waals surface area contributed by atoms with Gasteiger partial charge >= 0.3 is 0 Å². The molecule has 0 bridgehead atoms. The molecule has 2 rings (SSSR count). The van der Waals surface area contributed by atoms with Crippen LogP contribution < -0.4 is 10.0 Å². The third-order valence-electron chi connectivity index (χ3n) is 3.58. The standard InChI is InChI=1S/C15H20N2O3S/c1-2-11-16-21(19,20)14-9-7-13(8-10-14)17-15(18)12-5-3-4-6-12/h2,7-10,12,16H,1,3-6,11H2,(H,17,18). The minimum atomic E-state index is -3.52. The number of hydrogen-bond acceptors (Lipinski definition) is 3. The van der Waals surface area contributed by atoms with Gasteiger partial charge in [-0.15, -0.1) is 6.58 Å². The maximum absolute atomic E-state index is 12.0. The number of carbonyl (C=O) groups is 1. The average Bonchev–Trinajstić information content (AvgIpc) is 3.00. The minimum Gasteiger partial charge on any atom is -0.326 e. The topological polar surface area (TPSA) is 75.3 Å². The van der Waals surface area contributed by atoms with Crippen LogP contribution in [0.3, 0.4) is 0 Å². The summed E-state index contributed by atoms with van der Waals surface area (Å²) < 4.78 is 26.2. The van der Waals surface area contributed by atoms with Crippen LogP contribution in [0.2, 0.25) is 0 Å². The van der Waals surface area contributed by atoms with E-state index in [2.05, 4.69) is 16.6 Å². The van der Waals surface area contributed by atoms with Gasteiger partial charge in [-0.3, -0.25) is 4.79 Å². The second-order valence-corrected chi connectivity index (χ2v) is 6.90. The van der Waals surface area contributed by atoms with Gasteiger partial charge in [0.05, 0.1) is 4.90 Å². The van der Waals surface area contributed by atoms with E-state index in [0.29, 0.717) is 5.69 Å². The van der Waals surface area contributed by atoms with Crippen LogP contribution >= 0.6 is 0 Å². The maximum Gasteiger partial charge on any atom is 0.240 e. The zero-order valence-electron chi connectivity index (χ0n) is 11.8. The fourth-order valence-electron chi connectivity index (χ4n) is 2.40. The predicted octanol–water partition coefficient (Wildman–Crippen LogP) is 2.28. The molecular weight excluding hydrogens is 288 g/mol. The Morgan fingerprint density at radius 1 is 1.24 bits per heavy atom. The van der Waals surface area contributed by atoms with Gasteiger partial charge in [-0.05, 0) is 37.1 Å². The van der Waals surface area contributed by atoms with Crippen molar-refractivity contribution in [3.63, 3.8) is 0 Å². The molecule has 0 aromatic heterocycles. The van der Waals surface area contributed by atoms with Gasteiger partial charge in [-0.25, -0.2) is 13.1 Å². The second-order valence-electron chi connectivity index (χ2n) is 5.14. The minimum absolute atomic E-state index is 0.0212. The SMILES string of the molecule is C=CCNS(=O)(=O)c1ccc(NC(=O)C2CCCC2)cc1. The van der Waals surface area contributed by atoms with Crippen molar-refractivity contribution in [3.05, 3.63) is 36.9 Å². The Kier molecular flexibility index (Phi) is 5.14. The largest absolute Gasteiger partial charge is 0.326 e. The lowest BCUT2D eigenvalue weighted by atomic mass is 10.1. The third-order valence-corrected chi connectivity index (χ3v) is 5.02. The number of rotatable bonds is 6. The molecule has 1 aromatic carbocycles. The number of sulfonamides is 1. The van der Waals surface area contributed by atoms with Gasteiger partial charge < -0.3 is 5.32 Å². The van der Waals surface area contributed by atoms with E-state index < -0.39 is 10.0 Å². The van der Waals surface area contributed by atoms with E-state index in [1.165, 1.54) is 18.2 Å². The predicted molar refractivity (Wildman–Crippen MR) is 82.4 cm³/mol.